The fourth-order valence-corrected chi connectivity index (χ4v) is 2.08. The molecular weight excluding hydrogens is 311 g/mol. The van der Waals surface area contributed by atoms with E-state index >= 15 is 0 Å². The molecule has 2 aromatic carbocycles. The highest BCUT2D eigenvalue weighted by Gasteiger charge is 2.09. The van der Waals surface area contributed by atoms with Crippen molar-refractivity contribution < 1.29 is 23.5 Å². The van der Waals surface area contributed by atoms with Crippen LogP contribution in [0.2, 0.25) is 0 Å². The summed E-state index contributed by atoms with van der Waals surface area (Å²) >= 11 is 0. The minimum Gasteiger partial charge on any atom is -0.496 e. The number of rotatable bonds is 6. The predicted octanol–water partition coefficient (Wildman–Crippen LogP) is 3.79. The molecule has 0 spiro atoms. The Labute approximate surface area is 139 Å². The van der Waals surface area contributed by atoms with Crippen LogP contribution in [-0.2, 0) is 16.1 Å². The van der Waals surface area contributed by atoms with Crippen LogP contribution < -0.4 is 4.74 Å². The lowest BCUT2D eigenvalue weighted by Crippen LogP contribution is -2.04. The van der Waals surface area contributed by atoms with Gasteiger partial charge in [0.05, 0.1) is 7.11 Å². The quantitative estimate of drug-likeness (QED) is 0.460. The molecule has 0 amide bonds. The molecule has 0 aliphatic carbocycles. The second-order valence-electron chi connectivity index (χ2n) is 5.08. The first-order chi connectivity index (χ1) is 11.5. The lowest BCUT2D eigenvalue weighted by atomic mass is 10.1. The number of carbonyl (C=O) groups is 2. The van der Waals surface area contributed by atoms with E-state index < -0.39 is 5.97 Å². The van der Waals surface area contributed by atoms with E-state index in [1.807, 2.05) is 0 Å². The van der Waals surface area contributed by atoms with Crippen molar-refractivity contribution in [2.45, 2.75) is 13.5 Å². The van der Waals surface area contributed by atoms with Crippen molar-refractivity contribution in [2.75, 3.05) is 7.11 Å². The van der Waals surface area contributed by atoms with E-state index in [4.69, 9.17) is 9.47 Å². The van der Waals surface area contributed by atoms with Crippen LogP contribution in [0.4, 0.5) is 4.39 Å². The third kappa shape index (κ3) is 4.78. The number of methoxy groups -OCH3 is 1. The van der Waals surface area contributed by atoms with Crippen LogP contribution >= 0.6 is 0 Å². The number of esters is 1. The minimum absolute atomic E-state index is 0.0311. The van der Waals surface area contributed by atoms with Gasteiger partial charge in [0.15, 0.2) is 5.78 Å². The highest BCUT2D eigenvalue weighted by Crippen LogP contribution is 2.21. The van der Waals surface area contributed by atoms with Gasteiger partial charge < -0.3 is 9.47 Å². The predicted molar refractivity (Wildman–Crippen MR) is 88.2 cm³/mol. The fourth-order valence-electron chi connectivity index (χ4n) is 2.08. The second kappa shape index (κ2) is 8.06. The van der Waals surface area contributed by atoms with Crippen molar-refractivity contribution in [1.29, 1.82) is 0 Å². The van der Waals surface area contributed by atoms with Gasteiger partial charge in [-0.05, 0) is 48.9 Å². The summed E-state index contributed by atoms with van der Waals surface area (Å²) in [4.78, 5) is 23.2. The first kappa shape index (κ1) is 17.4. The molecule has 24 heavy (non-hydrogen) atoms. The Hall–Kier alpha value is -2.95. The van der Waals surface area contributed by atoms with Gasteiger partial charge in [-0.2, -0.15) is 0 Å². The van der Waals surface area contributed by atoms with Crippen molar-refractivity contribution in [2.24, 2.45) is 0 Å². The zero-order valence-corrected chi connectivity index (χ0v) is 13.4. The molecule has 0 fully saturated rings. The molecule has 4 nitrogen and oxygen atoms in total. The Bertz CT molecular complexity index is 781. The molecule has 2 aromatic rings. The molecule has 0 aliphatic heterocycles. The smallest absolute Gasteiger partial charge is 0.331 e. The number of ketones is 1. The van der Waals surface area contributed by atoms with Gasteiger partial charge in [-0.1, -0.05) is 12.1 Å². The average molecular weight is 328 g/mol. The van der Waals surface area contributed by atoms with Crippen LogP contribution in [0.15, 0.2) is 48.5 Å². The van der Waals surface area contributed by atoms with Gasteiger partial charge in [0.1, 0.15) is 18.2 Å². The van der Waals surface area contributed by atoms with E-state index in [0.717, 1.165) is 0 Å². The number of carbonyl (C=O) groups excluding carboxylic acids is 2. The van der Waals surface area contributed by atoms with E-state index in [1.165, 1.54) is 38.3 Å². The summed E-state index contributed by atoms with van der Waals surface area (Å²) in [5.41, 5.74) is 1.66. The van der Waals surface area contributed by atoms with Crippen molar-refractivity contribution in [3.8, 4) is 5.75 Å². The van der Waals surface area contributed by atoms with E-state index in [9.17, 15) is 14.0 Å². The molecule has 124 valence electrons. The number of hydrogen-bond donors (Lipinski definition) is 0. The summed E-state index contributed by atoms with van der Waals surface area (Å²) in [5.74, 6) is -0.510. The molecule has 0 atom stereocenters. The Kier molecular flexibility index (Phi) is 5.84. The van der Waals surface area contributed by atoms with E-state index in [-0.39, 0.29) is 18.2 Å². The highest BCUT2D eigenvalue weighted by molar-refractivity contribution is 5.94. The summed E-state index contributed by atoms with van der Waals surface area (Å²) < 4.78 is 23.4. The Morgan fingerprint density at radius 1 is 1.17 bits per heavy atom. The topological polar surface area (TPSA) is 52.6 Å². The van der Waals surface area contributed by atoms with Crippen LogP contribution in [0.25, 0.3) is 6.08 Å². The van der Waals surface area contributed by atoms with Crippen molar-refractivity contribution in [3.05, 3.63) is 71.0 Å². The zero-order valence-electron chi connectivity index (χ0n) is 13.4. The number of ether oxygens (including phenoxy) is 2. The Morgan fingerprint density at radius 2 is 1.96 bits per heavy atom. The first-order valence-electron chi connectivity index (χ1n) is 7.28. The van der Waals surface area contributed by atoms with Gasteiger partial charge in [0.25, 0.3) is 0 Å². The van der Waals surface area contributed by atoms with Crippen LogP contribution in [0.5, 0.6) is 5.75 Å². The molecule has 0 radical (unpaired) electrons. The standard InChI is InChI=1S/C19H17FO4/c1-13(21)15-7-8-18(23-2)16(11-15)12-24-19(22)9-6-14-4-3-5-17(20)10-14/h3-11H,12H2,1-2H3/b9-6+. The SMILES string of the molecule is COc1ccc(C(C)=O)cc1COC(=O)/C=C/c1cccc(F)c1. The molecule has 2 rings (SSSR count). The van der Waals surface area contributed by atoms with E-state index in [0.29, 0.717) is 22.4 Å². The molecule has 0 saturated heterocycles. The largest absolute Gasteiger partial charge is 0.496 e. The van der Waals surface area contributed by atoms with E-state index in [1.54, 1.807) is 30.3 Å². The third-order valence-electron chi connectivity index (χ3n) is 3.32. The summed E-state index contributed by atoms with van der Waals surface area (Å²) in [6, 6.07) is 10.8. The monoisotopic (exact) mass is 328 g/mol. The second-order valence-corrected chi connectivity index (χ2v) is 5.08. The molecule has 0 aromatic heterocycles. The van der Waals surface area contributed by atoms with Crippen molar-refractivity contribution >= 4 is 17.8 Å². The third-order valence-corrected chi connectivity index (χ3v) is 3.32. The van der Waals surface area contributed by atoms with Gasteiger partial charge in [0, 0.05) is 17.2 Å². The van der Waals surface area contributed by atoms with Crippen molar-refractivity contribution in [3.63, 3.8) is 0 Å². The van der Waals surface area contributed by atoms with Gasteiger partial charge in [-0.15, -0.1) is 0 Å². The molecule has 0 unspecified atom stereocenters. The number of Topliss-reactive ketones (excluding diaryl/α,β-unsaturated/α-hetero) is 1. The summed E-state index contributed by atoms with van der Waals surface area (Å²) in [7, 11) is 1.50. The Balaban J connectivity index is 2.03. The molecule has 5 heteroatoms. The summed E-state index contributed by atoms with van der Waals surface area (Å²) in [6.45, 7) is 1.43. The number of halogens is 1. The summed E-state index contributed by atoms with van der Waals surface area (Å²) in [5, 5.41) is 0. The number of benzene rings is 2. The molecule has 0 saturated carbocycles. The fraction of sp³-hybridized carbons (Fsp3) is 0.158. The maximum absolute atomic E-state index is 13.1. The lowest BCUT2D eigenvalue weighted by Gasteiger charge is -2.09. The van der Waals surface area contributed by atoms with Crippen LogP contribution in [0.1, 0.15) is 28.4 Å². The van der Waals surface area contributed by atoms with Crippen molar-refractivity contribution in [1.82, 2.24) is 0 Å². The van der Waals surface area contributed by atoms with Gasteiger partial charge in [-0.3, -0.25) is 4.79 Å². The van der Waals surface area contributed by atoms with Crippen LogP contribution in [0.3, 0.4) is 0 Å². The maximum atomic E-state index is 13.1. The average Bonchev–Trinajstić information content (AvgIpc) is 2.57. The highest BCUT2D eigenvalue weighted by atomic mass is 19.1. The van der Waals surface area contributed by atoms with Gasteiger partial charge in [0.2, 0.25) is 0 Å². The number of hydrogen-bond acceptors (Lipinski definition) is 4. The first-order valence-corrected chi connectivity index (χ1v) is 7.28. The Morgan fingerprint density at radius 3 is 2.62 bits per heavy atom. The molecular formula is C19H17FO4. The molecule has 0 bridgehead atoms. The molecule has 0 N–H and O–H groups in total. The van der Waals surface area contributed by atoms with Gasteiger partial charge in [-0.25, -0.2) is 9.18 Å². The maximum Gasteiger partial charge on any atom is 0.331 e. The normalized spacial score (nSPS) is 10.6. The minimum atomic E-state index is -0.574. The zero-order chi connectivity index (χ0) is 17.5. The van der Waals surface area contributed by atoms with Gasteiger partial charge >= 0.3 is 5.97 Å². The summed E-state index contributed by atoms with van der Waals surface area (Å²) in [6.07, 6.45) is 2.69. The lowest BCUT2D eigenvalue weighted by molar-refractivity contribution is -0.138. The van der Waals surface area contributed by atoms with Crippen LogP contribution in [0, 0.1) is 5.82 Å². The van der Waals surface area contributed by atoms with E-state index in [2.05, 4.69) is 0 Å². The van der Waals surface area contributed by atoms with Crippen LogP contribution in [-0.4, -0.2) is 18.9 Å². The molecule has 0 aliphatic rings. The molecule has 0 heterocycles.